The summed E-state index contributed by atoms with van der Waals surface area (Å²) in [5.74, 6) is 1.73. The molecule has 1 nitrogen and oxygen atoms in total. The van der Waals surface area contributed by atoms with Gasteiger partial charge < -0.3 is 0 Å². The van der Waals surface area contributed by atoms with Crippen LogP contribution in [0, 0.1) is 5.41 Å². The molecule has 1 aliphatic rings. The summed E-state index contributed by atoms with van der Waals surface area (Å²) in [6.45, 7) is 6.04. The van der Waals surface area contributed by atoms with Gasteiger partial charge in [0.1, 0.15) is 5.78 Å². The summed E-state index contributed by atoms with van der Waals surface area (Å²) in [6, 6.07) is 0. The molecule has 1 aliphatic heterocycles. The van der Waals surface area contributed by atoms with Gasteiger partial charge >= 0.3 is 0 Å². The topological polar surface area (TPSA) is 17.1 Å². The van der Waals surface area contributed by atoms with Crippen LogP contribution in [0.15, 0.2) is 0 Å². The SMILES string of the molecule is CC(C)(C)C(=O)CCCC[C@@H]1CCSS1. The molecule has 88 valence electrons. The number of carbonyl (C=O) groups is 1. The van der Waals surface area contributed by atoms with Crippen molar-refractivity contribution in [3.05, 3.63) is 0 Å². The van der Waals surface area contributed by atoms with Crippen LogP contribution in [0.3, 0.4) is 0 Å². The van der Waals surface area contributed by atoms with Crippen molar-refractivity contribution >= 4 is 27.4 Å². The average Bonchev–Trinajstić information content (AvgIpc) is 2.63. The number of hydrogen-bond acceptors (Lipinski definition) is 3. The monoisotopic (exact) mass is 246 g/mol. The van der Waals surface area contributed by atoms with Crippen LogP contribution in [0.25, 0.3) is 0 Å². The van der Waals surface area contributed by atoms with Crippen LogP contribution in [0.5, 0.6) is 0 Å². The Labute approximate surface area is 102 Å². The fraction of sp³-hybridized carbons (Fsp3) is 0.917. The van der Waals surface area contributed by atoms with E-state index in [-0.39, 0.29) is 5.41 Å². The molecule has 1 saturated heterocycles. The Morgan fingerprint density at radius 2 is 2.07 bits per heavy atom. The molecule has 0 aromatic heterocycles. The van der Waals surface area contributed by atoms with Crippen LogP contribution >= 0.6 is 21.6 Å². The van der Waals surface area contributed by atoms with Gasteiger partial charge in [0, 0.05) is 22.8 Å². The Bertz CT molecular complexity index is 202. The third-order valence-electron chi connectivity index (χ3n) is 2.74. The van der Waals surface area contributed by atoms with E-state index in [9.17, 15) is 4.79 Å². The van der Waals surface area contributed by atoms with Gasteiger partial charge in [-0.25, -0.2) is 0 Å². The molecule has 0 amide bonds. The highest BCUT2D eigenvalue weighted by atomic mass is 33.1. The molecular weight excluding hydrogens is 224 g/mol. The minimum atomic E-state index is -0.141. The zero-order valence-electron chi connectivity index (χ0n) is 10.0. The highest BCUT2D eigenvalue weighted by Crippen LogP contribution is 2.39. The summed E-state index contributed by atoms with van der Waals surface area (Å²) in [7, 11) is 4.04. The predicted molar refractivity (Wildman–Crippen MR) is 71.4 cm³/mol. The maximum Gasteiger partial charge on any atom is 0.138 e. The molecular formula is C12H22OS2. The molecule has 0 aromatic carbocycles. The Hall–Kier alpha value is 0.370. The van der Waals surface area contributed by atoms with Gasteiger partial charge in [0.05, 0.1) is 0 Å². The summed E-state index contributed by atoms with van der Waals surface area (Å²) >= 11 is 0. The van der Waals surface area contributed by atoms with Gasteiger partial charge in [-0.3, -0.25) is 4.79 Å². The Balaban J connectivity index is 2.03. The van der Waals surface area contributed by atoms with Crippen molar-refractivity contribution in [3.63, 3.8) is 0 Å². The van der Waals surface area contributed by atoms with Crippen LogP contribution in [0.2, 0.25) is 0 Å². The van der Waals surface area contributed by atoms with E-state index in [1.807, 2.05) is 42.4 Å². The first kappa shape index (κ1) is 13.4. The first-order valence-corrected chi connectivity index (χ1v) is 8.20. The summed E-state index contributed by atoms with van der Waals surface area (Å²) in [5.41, 5.74) is -0.141. The van der Waals surface area contributed by atoms with Crippen LogP contribution in [0.1, 0.15) is 52.9 Å². The molecule has 0 saturated carbocycles. The number of Topliss-reactive ketones (excluding diaryl/α,β-unsaturated/α-hetero) is 1. The first-order chi connectivity index (χ1) is 7.00. The summed E-state index contributed by atoms with van der Waals surface area (Å²) in [6.07, 6.45) is 5.74. The maximum atomic E-state index is 11.7. The van der Waals surface area contributed by atoms with Crippen molar-refractivity contribution in [3.8, 4) is 0 Å². The van der Waals surface area contributed by atoms with E-state index in [0.717, 1.165) is 18.1 Å². The largest absolute Gasteiger partial charge is 0.299 e. The second-order valence-electron chi connectivity index (χ2n) is 5.25. The van der Waals surface area contributed by atoms with Gasteiger partial charge in [0.2, 0.25) is 0 Å². The molecule has 0 radical (unpaired) electrons. The minimum absolute atomic E-state index is 0.141. The predicted octanol–water partition coefficient (Wildman–Crippen LogP) is 4.32. The van der Waals surface area contributed by atoms with Gasteiger partial charge in [-0.1, -0.05) is 48.8 Å². The van der Waals surface area contributed by atoms with Crippen LogP contribution < -0.4 is 0 Å². The number of ketones is 1. The van der Waals surface area contributed by atoms with Crippen LogP contribution in [-0.4, -0.2) is 16.8 Å². The Kier molecular flexibility index (Phi) is 5.54. The lowest BCUT2D eigenvalue weighted by atomic mass is 9.88. The smallest absolute Gasteiger partial charge is 0.138 e. The lowest BCUT2D eigenvalue weighted by Gasteiger charge is -2.16. The number of rotatable bonds is 5. The second kappa shape index (κ2) is 6.19. The number of carbonyl (C=O) groups excluding carboxylic acids is 1. The average molecular weight is 246 g/mol. The van der Waals surface area contributed by atoms with Crippen molar-refractivity contribution in [2.45, 2.75) is 58.1 Å². The van der Waals surface area contributed by atoms with Crippen molar-refractivity contribution in [2.24, 2.45) is 5.41 Å². The third kappa shape index (κ3) is 5.30. The lowest BCUT2D eigenvalue weighted by Crippen LogP contribution is -2.19. The number of unbranched alkanes of at least 4 members (excludes halogenated alkanes) is 1. The Morgan fingerprint density at radius 3 is 2.60 bits per heavy atom. The van der Waals surface area contributed by atoms with Gasteiger partial charge in [0.25, 0.3) is 0 Å². The van der Waals surface area contributed by atoms with Crippen molar-refractivity contribution in [2.75, 3.05) is 5.75 Å². The molecule has 1 fully saturated rings. The molecule has 1 atom stereocenters. The third-order valence-corrected chi connectivity index (χ3v) is 5.75. The zero-order valence-corrected chi connectivity index (χ0v) is 11.7. The molecule has 0 aliphatic carbocycles. The van der Waals surface area contributed by atoms with E-state index in [4.69, 9.17) is 0 Å². The summed E-state index contributed by atoms with van der Waals surface area (Å²) in [4.78, 5) is 11.7. The lowest BCUT2D eigenvalue weighted by molar-refractivity contribution is -0.126. The van der Waals surface area contributed by atoms with Gasteiger partial charge in [0.15, 0.2) is 0 Å². The second-order valence-corrected chi connectivity index (χ2v) is 8.04. The summed E-state index contributed by atoms with van der Waals surface area (Å²) < 4.78 is 0. The fourth-order valence-corrected chi connectivity index (χ4v) is 4.62. The van der Waals surface area contributed by atoms with E-state index >= 15 is 0 Å². The molecule has 0 spiro atoms. The molecule has 0 aromatic rings. The highest BCUT2D eigenvalue weighted by Gasteiger charge is 2.21. The highest BCUT2D eigenvalue weighted by molar-refractivity contribution is 8.77. The van der Waals surface area contributed by atoms with Crippen molar-refractivity contribution in [1.82, 2.24) is 0 Å². The van der Waals surface area contributed by atoms with Gasteiger partial charge in [-0.15, -0.1) is 0 Å². The van der Waals surface area contributed by atoms with E-state index in [1.165, 1.54) is 25.0 Å². The van der Waals surface area contributed by atoms with E-state index in [1.54, 1.807) is 0 Å². The van der Waals surface area contributed by atoms with Gasteiger partial charge in [-0.2, -0.15) is 0 Å². The molecule has 3 heteroatoms. The van der Waals surface area contributed by atoms with Crippen LogP contribution in [0.4, 0.5) is 0 Å². The van der Waals surface area contributed by atoms with E-state index in [2.05, 4.69) is 0 Å². The molecule has 0 N–H and O–H groups in total. The maximum absolute atomic E-state index is 11.7. The van der Waals surface area contributed by atoms with Crippen LogP contribution in [-0.2, 0) is 4.79 Å². The van der Waals surface area contributed by atoms with E-state index < -0.39 is 0 Å². The van der Waals surface area contributed by atoms with Crippen molar-refractivity contribution < 1.29 is 4.79 Å². The van der Waals surface area contributed by atoms with Gasteiger partial charge in [-0.05, 0) is 19.3 Å². The molecule has 0 bridgehead atoms. The zero-order chi connectivity index (χ0) is 11.3. The normalized spacial score (nSPS) is 21.9. The molecule has 0 unspecified atom stereocenters. The van der Waals surface area contributed by atoms with E-state index in [0.29, 0.717) is 5.78 Å². The quantitative estimate of drug-likeness (QED) is 0.531. The molecule has 15 heavy (non-hydrogen) atoms. The first-order valence-electron chi connectivity index (χ1n) is 5.82. The Morgan fingerprint density at radius 1 is 1.33 bits per heavy atom. The fourth-order valence-electron chi connectivity index (χ4n) is 1.60. The standard InChI is InChI=1S/C12H22OS2/c1-12(2,3)11(13)7-5-4-6-10-8-9-14-15-10/h10H,4-9H2,1-3H3/t10-/m1/s1. The van der Waals surface area contributed by atoms with Crippen molar-refractivity contribution in [1.29, 1.82) is 0 Å². The number of hydrogen-bond donors (Lipinski definition) is 0. The minimum Gasteiger partial charge on any atom is -0.299 e. The summed E-state index contributed by atoms with van der Waals surface area (Å²) in [5, 5.41) is 0.861. The molecule has 1 heterocycles. The molecule has 1 rings (SSSR count).